The van der Waals surface area contributed by atoms with Gasteiger partial charge in [0.2, 0.25) is 5.95 Å². The average Bonchev–Trinajstić information content (AvgIpc) is 2.53. The Morgan fingerprint density at radius 2 is 2.20 bits per heavy atom. The minimum Gasteiger partial charge on any atom is -0.469 e. The Bertz CT molecular complexity index is 458. The van der Waals surface area contributed by atoms with Crippen molar-refractivity contribution in [3.8, 4) is 0 Å². The van der Waals surface area contributed by atoms with Crippen molar-refractivity contribution < 1.29 is 9.53 Å². The molecule has 1 aromatic heterocycles. The zero-order valence-corrected chi connectivity index (χ0v) is 12.4. The van der Waals surface area contributed by atoms with Crippen molar-refractivity contribution in [2.45, 2.75) is 19.8 Å². The average molecular weight is 278 g/mol. The van der Waals surface area contributed by atoms with Crippen molar-refractivity contribution in [2.75, 3.05) is 43.6 Å². The van der Waals surface area contributed by atoms with Crippen LogP contribution in [-0.4, -0.2) is 49.7 Å². The molecule has 0 unspecified atom stereocenters. The van der Waals surface area contributed by atoms with Gasteiger partial charge in [-0.25, -0.2) is 4.98 Å². The van der Waals surface area contributed by atoms with Gasteiger partial charge in [0, 0.05) is 32.9 Å². The molecule has 0 amide bonds. The number of aromatic nitrogens is 2. The monoisotopic (exact) mass is 278 g/mol. The summed E-state index contributed by atoms with van der Waals surface area (Å²) in [6.07, 6.45) is 3.38. The van der Waals surface area contributed by atoms with Gasteiger partial charge < -0.3 is 14.5 Å². The summed E-state index contributed by atoms with van der Waals surface area (Å²) in [7, 11) is 3.46. The van der Waals surface area contributed by atoms with Crippen LogP contribution in [0, 0.1) is 5.92 Å². The Kier molecular flexibility index (Phi) is 4.76. The van der Waals surface area contributed by atoms with Crippen LogP contribution in [0.3, 0.4) is 0 Å². The Labute approximate surface area is 119 Å². The van der Waals surface area contributed by atoms with Gasteiger partial charge in [-0.05, 0) is 25.8 Å². The van der Waals surface area contributed by atoms with Gasteiger partial charge in [-0.1, -0.05) is 0 Å². The van der Waals surface area contributed by atoms with Crippen molar-refractivity contribution in [3.05, 3.63) is 12.3 Å². The number of esters is 1. The van der Waals surface area contributed by atoms with E-state index in [-0.39, 0.29) is 11.9 Å². The number of rotatable bonds is 4. The van der Waals surface area contributed by atoms with Gasteiger partial charge in [0.05, 0.1) is 13.0 Å². The summed E-state index contributed by atoms with van der Waals surface area (Å²) in [5.41, 5.74) is 0. The van der Waals surface area contributed by atoms with Gasteiger partial charge in [-0.2, -0.15) is 4.98 Å². The highest BCUT2D eigenvalue weighted by atomic mass is 16.5. The van der Waals surface area contributed by atoms with E-state index in [9.17, 15) is 4.79 Å². The number of carbonyl (C=O) groups is 1. The molecule has 0 spiro atoms. The lowest BCUT2D eigenvalue weighted by molar-refractivity contribution is -0.146. The molecule has 6 nitrogen and oxygen atoms in total. The summed E-state index contributed by atoms with van der Waals surface area (Å²) in [5, 5.41) is 0. The summed E-state index contributed by atoms with van der Waals surface area (Å²) < 4.78 is 4.80. The third kappa shape index (κ3) is 3.18. The van der Waals surface area contributed by atoms with E-state index in [4.69, 9.17) is 4.74 Å². The molecular weight excluding hydrogens is 256 g/mol. The second kappa shape index (κ2) is 6.54. The maximum atomic E-state index is 11.5. The molecule has 0 bridgehead atoms. The fourth-order valence-electron chi connectivity index (χ4n) is 2.35. The van der Waals surface area contributed by atoms with Crippen molar-refractivity contribution in [3.63, 3.8) is 0 Å². The first kappa shape index (κ1) is 14.6. The van der Waals surface area contributed by atoms with Crippen LogP contribution in [0.1, 0.15) is 19.8 Å². The smallest absolute Gasteiger partial charge is 0.308 e. The normalized spacial score (nSPS) is 16.1. The Morgan fingerprint density at radius 1 is 1.50 bits per heavy atom. The molecule has 1 saturated heterocycles. The molecule has 1 aromatic rings. The fraction of sp³-hybridized carbons (Fsp3) is 0.643. The van der Waals surface area contributed by atoms with Crippen LogP contribution in [0.15, 0.2) is 12.3 Å². The SMILES string of the molecule is CCN(C)c1ccnc(N2CCC(C(=O)OC)CC2)n1. The lowest BCUT2D eigenvalue weighted by Crippen LogP contribution is -2.37. The first-order chi connectivity index (χ1) is 9.65. The highest BCUT2D eigenvalue weighted by Crippen LogP contribution is 2.22. The molecule has 0 aromatic carbocycles. The van der Waals surface area contributed by atoms with Gasteiger partial charge in [0.15, 0.2) is 0 Å². The summed E-state index contributed by atoms with van der Waals surface area (Å²) >= 11 is 0. The van der Waals surface area contributed by atoms with Gasteiger partial charge in [0.1, 0.15) is 5.82 Å². The predicted octanol–water partition coefficient (Wildman–Crippen LogP) is 1.32. The highest BCUT2D eigenvalue weighted by molar-refractivity contribution is 5.72. The van der Waals surface area contributed by atoms with Crippen molar-refractivity contribution in [2.24, 2.45) is 5.92 Å². The van der Waals surface area contributed by atoms with Crippen LogP contribution < -0.4 is 9.80 Å². The third-order valence-electron chi connectivity index (χ3n) is 3.81. The topological polar surface area (TPSA) is 58.6 Å². The van der Waals surface area contributed by atoms with Crippen molar-refractivity contribution >= 4 is 17.7 Å². The van der Waals surface area contributed by atoms with E-state index >= 15 is 0 Å². The Hall–Kier alpha value is -1.85. The molecule has 2 rings (SSSR count). The number of nitrogens with zero attached hydrogens (tertiary/aromatic N) is 4. The molecule has 0 atom stereocenters. The lowest BCUT2D eigenvalue weighted by atomic mass is 9.97. The van der Waals surface area contributed by atoms with Crippen LogP contribution in [0.25, 0.3) is 0 Å². The maximum absolute atomic E-state index is 11.5. The van der Waals surface area contributed by atoms with Crippen LogP contribution in [-0.2, 0) is 9.53 Å². The van der Waals surface area contributed by atoms with Gasteiger partial charge in [-0.3, -0.25) is 4.79 Å². The second-order valence-corrected chi connectivity index (χ2v) is 5.01. The largest absolute Gasteiger partial charge is 0.469 e. The molecule has 2 heterocycles. The maximum Gasteiger partial charge on any atom is 0.308 e. The van der Waals surface area contributed by atoms with E-state index in [2.05, 4.69) is 26.7 Å². The predicted molar refractivity (Wildman–Crippen MR) is 77.9 cm³/mol. The van der Waals surface area contributed by atoms with Crippen LogP contribution in [0.2, 0.25) is 0 Å². The van der Waals surface area contributed by atoms with Crippen LogP contribution in [0.5, 0.6) is 0 Å². The van der Waals surface area contributed by atoms with E-state index in [1.807, 2.05) is 13.1 Å². The number of anilines is 2. The highest BCUT2D eigenvalue weighted by Gasteiger charge is 2.26. The molecule has 1 fully saturated rings. The molecule has 20 heavy (non-hydrogen) atoms. The molecule has 0 radical (unpaired) electrons. The molecule has 0 N–H and O–H groups in total. The van der Waals surface area contributed by atoms with Gasteiger partial charge in [0.25, 0.3) is 0 Å². The molecule has 110 valence electrons. The summed E-state index contributed by atoms with van der Waals surface area (Å²) in [5.74, 6) is 1.57. The number of piperidine rings is 1. The summed E-state index contributed by atoms with van der Waals surface area (Å²) in [6.45, 7) is 4.57. The fourth-order valence-corrected chi connectivity index (χ4v) is 2.35. The van der Waals surface area contributed by atoms with E-state index in [1.165, 1.54) is 7.11 Å². The Balaban J connectivity index is 2.02. The molecule has 0 aliphatic carbocycles. The van der Waals surface area contributed by atoms with Gasteiger partial charge >= 0.3 is 5.97 Å². The van der Waals surface area contributed by atoms with Crippen molar-refractivity contribution in [1.82, 2.24) is 9.97 Å². The lowest BCUT2D eigenvalue weighted by Gasteiger charge is -2.31. The molecule has 1 aliphatic rings. The summed E-state index contributed by atoms with van der Waals surface area (Å²) in [6, 6.07) is 1.91. The molecule has 1 aliphatic heterocycles. The molecular formula is C14H22N4O2. The number of hydrogen-bond donors (Lipinski definition) is 0. The summed E-state index contributed by atoms with van der Waals surface area (Å²) in [4.78, 5) is 24.6. The van der Waals surface area contributed by atoms with Crippen LogP contribution >= 0.6 is 0 Å². The number of hydrogen-bond acceptors (Lipinski definition) is 6. The van der Waals surface area contributed by atoms with E-state index in [0.717, 1.165) is 44.2 Å². The third-order valence-corrected chi connectivity index (χ3v) is 3.81. The first-order valence-corrected chi connectivity index (χ1v) is 7.02. The van der Waals surface area contributed by atoms with Crippen molar-refractivity contribution in [1.29, 1.82) is 0 Å². The number of methoxy groups -OCH3 is 1. The second-order valence-electron chi connectivity index (χ2n) is 5.01. The zero-order chi connectivity index (χ0) is 14.5. The zero-order valence-electron chi connectivity index (χ0n) is 12.4. The Morgan fingerprint density at radius 3 is 2.80 bits per heavy atom. The number of ether oxygens (including phenoxy) is 1. The van der Waals surface area contributed by atoms with E-state index < -0.39 is 0 Å². The quantitative estimate of drug-likeness (QED) is 0.774. The first-order valence-electron chi connectivity index (χ1n) is 7.02. The number of carbonyl (C=O) groups excluding carboxylic acids is 1. The van der Waals surface area contributed by atoms with Crippen LogP contribution in [0.4, 0.5) is 11.8 Å². The van der Waals surface area contributed by atoms with Gasteiger partial charge in [-0.15, -0.1) is 0 Å². The minimum atomic E-state index is -0.106. The molecule has 0 saturated carbocycles. The van der Waals surface area contributed by atoms with E-state index in [0.29, 0.717) is 0 Å². The molecule has 6 heteroatoms. The standard InChI is InChI=1S/C14H22N4O2/c1-4-17(2)12-5-8-15-14(16-12)18-9-6-11(7-10-18)13(19)20-3/h5,8,11H,4,6-7,9-10H2,1-3H3. The minimum absolute atomic E-state index is 0.0118. The van der Waals surface area contributed by atoms with E-state index in [1.54, 1.807) is 6.20 Å².